The number of nitrogens with zero attached hydrogens (tertiary/aromatic N) is 2. The first kappa shape index (κ1) is 11.7. The number of hydrogen-bond donors (Lipinski definition) is 1. The predicted octanol–water partition coefficient (Wildman–Crippen LogP) is 2.86. The van der Waals surface area contributed by atoms with Crippen molar-refractivity contribution in [3.63, 3.8) is 0 Å². The largest absolute Gasteiger partial charge is 0.330 e. The molecule has 86 valence electrons. The molecule has 0 aliphatic heterocycles. The molecule has 0 aliphatic carbocycles. The van der Waals surface area contributed by atoms with Gasteiger partial charge in [-0.05, 0) is 25.6 Å². The number of nitrogens with two attached hydrogens (primary N) is 1. The molecule has 0 unspecified atom stereocenters. The Bertz CT molecular complexity index is 519. The topological polar surface area (TPSA) is 43.8 Å². The van der Waals surface area contributed by atoms with Gasteiger partial charge < -0.3 is 10.3 Å². The van der Waals surface area contributed by atoms with Gasteiger partial charge in [0.1, 0.15) is 5.82 Å². The standard InChI is InChI=1S/C11H13Cl2N3/c1-2-16-10-6-8(13)7(12)5-9(10)15-11(16)3-4-14/h5-6H,2-4,14H2,1H3. The first-order valence-corrected chi connectivity index (χ1v) is 5.97. The van der Waals surface area contributed by atoms with E-state index >= 15 is 0 Å². The molecule has 0 radical (unpaired) electrons. The summed E-state index contributed by atoms with van der Waals surface area (Å²) in [6.07, 6.45) is 0.762. The zero-order valence-corrected chi connectivity index (χ0v) is 10.5. The van der Waals surface area contributed by atoms with Gasteiger partial charge in [-0.25, -0.2) is 4.98 Å². The Labute approximate surface area is 104 Å². The summed E-state index contributed by atoms with van der Waals surface area (Å²) in [5.41, 5.74) is 7.45. The van der Waals surface area contributed by atoms with Crippen LogP contribution in [0.5, 0.6) is 0 Å². The summed E-state index contributed by atoms with van der Waals surface area (Å²) in [4.78, 5) is 4.52. The number of aryl methyl sites for hydroxylation is 1. The molecule has 0 saturated heterocycles. The molecular weight excluding hydrogens is 245 g/mol. The molecule has 0 spiro atoms. The molecule has 0 aliphatic rings. The Kier molecular flexibility index (Phi) is 3.38. The van der Waals surface area contributed by atoms with Crippen LogP contribution in [0.3, 0.4) is 0 Å². The Morgan fingerprint density at radius 1 is 1.31 bits per heavy atom. The van der Waals surface area contributed by atoms with E-state index in [0.29, 0.717) is 16.6 Å². The second-order valence-electron chi connectivity index (χ2n) is 3.57. The van der Waals surface area contributed by atoms with Crippen LogP contribution in [0.25, 0.3) is 11.0 Å². The Hall–Kier alpha value is -0.770. The van der Waals surface area contributed by atoms with E-state index in [1.165, 1.54) is 0 Å². The van der Waals surface area contributed by atoms with Gasteiger partial charge in [0.25, 0.3) is 0 Å². The minimum absolute atomic E-state index is 0.536. The Morgan fingerprint density at radius 2 is 2.00 bits per heavy atom. The third kappa shape index (κ3) is 1.90. The van der Waals surface area contributed by atoms with Gasteiger partial charge in [-0.15, -0.1) is 0 Å². The highest BCUT2D eigenvalue weighted by molar-refractivity contribution is 6.42. The number of halogens is 2. The molecule has 1 heterocycles. The summed E-state index contributed by atoms with van der Waals surface area (Å²) in [5.74, 6) is 0.985. The summed E-state index contributed by atoms with van der Waals surface area (Å²) in [6, 6.07) is 3.65. The van der Waals surface area contributed by atoms with Crippen molar-refractivity contribution in [2.45, 2.75) is 19.9 Å². The van der Waals surface area contributed by atoms with Crippen molar-refractivity contribution in [1.29, 1.82) is 0 Å². The second-order valence-corrected chi connectivity index (χ2v) is 4.38. The quantitative estimate of drug-likeness (QED) is 0.919. The zero-order valence-electron chi connectivity index (χ0n) is 9.00. The van der Waals surface area contributed by atoms with Gasteiger partial charge in [-0.3, -0.25) is 0 Å². The van der Waals surface area contributed by atoms with Crippen molar-refractivity contribution in [2.24, 2.45) is 5.73 Å². The van der Waals surface area contributed by atoms with E-state index in [2.05, 4.69) is 16.5 Å². The lowest BCUT2D eigenvalue weighted by Gasteiger charge is -2.04. The summed E-state index contributed by atoms with van der Waals surface area (Å²) in [7, 11) is 0. The van der Waals surface area contributed by atoms with Gasteiger partial charge in [0.15, 0.2) is 0 Å². The molecule has 0 atom stereocenters. The van der Waals surface area contributed by atoms with Crippen molar-refractivity contribution in [2.75, 3.05) is 6.54 Å². The molecule has 2 rings (SSSR count). The normalized spacial score (nSPS) is 11.2. The molecule has 5 heteroatoms. The minimum Gasteiger partial charge on any atom is -0.330 e. The average molecular weight is 258 g/mol. The second kappa shape index (κ2) is 4.62. The van der Waals surface area contributed by atoms with Crippen LogP contribution in [0.1, 0.15) is 12.7 Å². The third-order valence-corrected chi connectivity index (χ3v) is 3.28. The molecule has 1 aromatic heterocycles. The maximum Gasteiger partial charge on any atom is 0.111 e. The molecule has 16 heavy (non-hydrogen) atoms. The predicted molar refractivity (Wildman–Crippen MR) is 68.2 cm³/mol. The van der Waals surface area contributed by atoms with Crippen molar-refractivity contribution in [1.82, 2.24) is 9.55 Å². The number of rotatable bonds is 3. The van der Waals surface area contributed by atoms with Gasteiger partial charge in [-0.1, -0.05) is 23.2 Å². The molecule has 0 amide bonds. The van der Waals surface area contributed by atoms with E-state index in [4.69, 9.17) is 28.9 Å². The van der Waals surface area contributed by atoms with Crippen molar-refractivity contribution >= 4 is 34.2 Å². The fourth-order valence-electron chi connectivity index (χ4n) is 1.84. The van der Waals surface area contributed by atoms with Gasteiger partial charge in [0.2, 0.25) is 0 Å². The average Bonchev–Trinajstić information content (AvgIpc) is 2.56. The number of benzene rings is 1. The number of imidazole rings is 1. The van der Waals surface area contributed by atoms with Crippen molar-refractivity contribution in [3.05, 3.63) is 28.0 Å². The van der Waals surface area contributed by atoms with Gasteiger partial charge >= 0.3 is 0 Å². The SMILES string of the molecule is CCn1c(CCN)nc2cc(Cl)c(Cl)cc21. The van der Waals surface area contributed by atoms with Crippen molar-refractivity contribution in [3.8, 4) is 0 Å². The Morgan fingerprint density at radius 3 is 2.62 bits per heavy atom. The van der Waals surface area contributed by atoms with E-state index in [-0.39, 0.29) is 0 Å². The maximum absolute atomic E-state index is 6.01. The van der Waals surface area contributed by atoms with E-state index in [0.717, 1.165) is 29.8 Å². The third-order valence-electron chi connectivity index (χ3n) is 2.55. The first-order chi connectivity index (χ1) is 7.67. The molecule has 1 aromatic carbocycles. The molecular formula is C11H13Cl2N3. The van der Waals surface area contributed by atoms with Crippen LogP contribution in [0.2, 0.25) is 10.0 Å². The van der Waals surface area contributed by atoms with Gasteiger partial charge in [0, 0.05) is 13.0 Å². The van der Waals surface area contributed by atoms with Crippen LogP contribution in [0, 0.1) is 0 Å². The van der Waals surface area contributed by atoms with E-state index in [1.54, 1.807) is 6.07 Å². The molecule has 2 N–H and O–H groups in total. The van der Waals surface area contributed by atoms with Gasteiger partial charge in [-0.2, -0.15) is 0 Å². The zero-order chi connectivity index (χ0) is 11.7. The Balaban J connectivity index is 2.67. The molecule has 0 fully saturated rings. The molecule has 3 nitrogen and oxygen atoms in total. The lowest BCUT2D eigenvalue weighted by atomic mass is 10.3. The highest BCUT2D eigenvalue weighted by atomic mass is 35.5. The van der Waals surface area contributed by atoms with Crippen LogP contribution in [0.4, 0.5) is 0 Å². The summed E-state index contributed by atoms with van der Waals surface area (Å²) < 4.78 is 2.12. The van der Waals surface area contributed by atoms with Crippen LogP contribution >= 0.6 is 23.2 Å². The van der Waals surface area contributed by atoms with E-state index < -0.39 is 0 Å². The molecule has 2 aromatic rings. The number of aromatic nitrogens is 2. The van der Waals surface area contributed by atoms with Crippen molar-refractivity contribution < 1.29 is 0 Å². The smallest absolute Gasteiger partial charge is 0.111 e. The van der Waals surface area contributed by atoms with Crippen LogP contribution in [0.15, 0.2) is 12.1 Å². The molecule has 0 bridgehead atoms. The maximum atomic E-state index is 6.01. The van der Waals surface area contributed by atoms with E-state index in [1.807, 2.05) is 6.07 Å². The fraction of sp³-hybridized carbons (Fsp3) is 0.364. The van der Waals surface area contributed by atoms with E-state index in [9.17, 15) is 0 Å². The lowest BCUT2D eigenvalue weighted by Crippen LogP contribution is -2.09. The van der Waals surface area contributed by atoms with Gasteiger partial charge in [0.05, 0.1) is 21.1 Å². The monoisotopic (exact) mass is 257 g/mol. The van der Waals surface area contributed by atoms with Crippen LogP contribution in [-0.4, -0.2) is 16.1 Å². The highest BCUT2D eigenvalue weighted by Gasteiger charge is 2.11. The fourth-order valence-corrected chi connectivity index (χ4v) is 2.16. The number of fused-ring (bicyclic) bond motifs is 1. The summed E-state index contributed by atoms with van der Waals surface area (Å²) in [5, 5.41) is 1.09. The summed E-state index contributed by atoms with van der Waals surface area (Å²) >= 11 is 12.0. The summed E-state index contributed by atoms with van der Waals surface area (Å²) in [6.45, 7) is 3.51. The lowest BCUT2D eigenvalue weighted by molar-refractivity contribution is 0.711. The minimum atomic E-state index is 0.536. The molecule has 0 saturated carbocycles. The van der Waals surface area contributed by atoms with Crippen LogP contribution in [-0.2, 0) is 13.0 Å². The van der Waals surface area contributed by atoms with Crippen LogP contribution < -0.4 is 5.73 Å². The first-order valence-electron chi connectivity index (χ1n) is 5.21. The highest BCUT2D eigenvalue weighted by Crippen LogP contribution is 2.28. The number of hydrogen-bond acceptors (Lipinski definition) is 2.